The summed E-state index contributed by atoms with van der Waals surface area (Å²) in [5.74, 6) is 0.832. The van der Waals surface area contributed by atoms with Gasteiger partial charge in [0.1, 0.15) is 0 Å². The summed E-state index contributed by atoms with van der Waals surface area (Å²) in [7, 11) is 0. The zero-order valence-corrected chi connectivity index (χ0v) is 14.9. The van der Waals surface area contributed by atoms with E-state index >= 15 is 0 Å². The Balaban J connectivity index is 2.07. The van der Waals surface area contributed by atoms with E-state index in [2.05, 4.69) is 6.07 Å². The lowest BCUT2D eigenvalue weighted by atomic mass is 10.2. The highest BCUT2D eigenvalue weighted by atomic mass is 32.2. The molecule has 5 heteroatoms. The van der Waals surface area contributed by atoms with Gasteiger partial charge in [0.15, 0.2) is 5.16 Å². The fourth-order valence-electron chi connectivity index (χ4n) is 2.71. The molecular weight excluding hydrogens is 330 g/mol. The van der Waals surface area contributed by atoms with E-state index in [0.29, 0.717) is 17.0 Å². The first kappa shape index (κ1) is 17.2. The quantitative estimate of drug-likeness (QED) is 0.374. The number of hydrogen-bond donors (Lipinski definition) is 0. The molecule has 0 N–H and O–H groups in total. The summed E-state index contributed by atoms with van der Waals surface area (Å²) in [6, 6.07) is 17.5. The Kier molecular flexibility index (Phi) is 5.52. The SMILES string of the molecule is Cc1ccccc1-n1c(SCCCCC#N)nc2ccccc2c1=O. The summed E-state index contributed by atoms with van der Waals surface area (Å²) in [5, 5.41) is 9.97. The predicted octanol–water partition coefficient (Wildman–Crippen LogP) is 4.48. The van der Waals surface area contributed by atoms with Crippen LogP contribution in [-0.4, -0.2) is 15.3 Å². The van der Waals surface area contributed by atoms with Crippen LogP contribution in [0.25, 0.3) is 16.6 Å². The van der Waals surface area contributed by atoms with Crippen LogP contribution in [0.15, 0.2) is 58.5 Å². The maximum Gasteiger partial charge on any atom is 0.266 e. The third kappa shape index (κ3) is 3.75. The van der Waals surface area contributed by atoms with E-state index in [1.165, 1.54) is 0 Å². The van der Waals surface area contributed by atoms with Crippen molar-refractivity contribution in [3.05, 3.63) is 64.4 Å². The van der Waals surface area contributed by atoms with Crippen molar-refractivity contribution in [3.63, 3.8) is 0 Å². The summed E-state index contributed by atoms with van der Waals surface area (Å²) >= 11 is 1.57. The monoisotopic (exact) mass is 349 g/mol. The Hall–Kier alpha value is -2.58. The van der Waals surface area contributed by atoms with E-state index in [-0.39, 0.29) is 5.56 Å². The summed E-state index contributed by atoms with van der Waals surface area (Å²) in [6.45, 7) is 2.00. The highest BCUT2D eigenvalue weighted by Gasteiger charge is 2.14. The van der Waals surface area contributed by atoms with Crippen molar-refractivity contribution < 1.29 is 0 Å². The maximum absolute atomic E-state index is 13.1. The van der Waals surface area contributed by atoms with Crippen LogP contribution < -0.4 is 5.56 Å². The second-order valence-electron chi connectivity index (χ2n) is 5.80. The van der Waals surface area contributed by atoms with Gasteiger partial charge in [-0.2, -0.15) is 5.26 Å². The van der Waals surface area contributed by atoms with E-state index < -0.39 is 0 Å². The van der Waals surface area contributed by atoms with Gasteiger partial charge in [0.2, 0.25) is 0 Å². The number of benzene rings is 2. The van der Waals surface area contributed by atoms with E-state index in [0.717, 1.165) is 35.4 Å². The fraction of sp³-hybridized carbons (Fsp3) is 0.250. The zero-order valence-electron chi connectivity index (χ0n) is 14.1. The fourth-order valence-corrected chi connectivity index (χ4v) is 3.71. The van der Waals surface area contributed by atoms with Crippen molar-refractivity contribution in [3.8, 4) is 11.8 Å². The number of thioether (sulfide) groups is 1. The molecule has 0 radical (unpaired) electrons. The Labute approximate surface area is 151 Å². The molecule has 2 aromatic carbocycles. The van der Waals surface area contributed by atoms with Crippen molar-refractivity contribution in [2.45, 2.75) is 31.3 Å². The highest BCUT2D eigenvalue weighted by Crippen LogP contribution is 2.23. The van der Waals surface area contributed by atoms with Crippen LogP contribution in [0.2, 0.25) is 0 Å². The second kappa shape index (κ2) is 8.00. The lowest BCUT2D eigenvalue weighted by Crippen LogP contribution is -2.22. The van der Waals surface area contributed by atoms with Gasteiger partial charge in [-0.25, -0.2) is 4.98 Å². The van der Waals surface area contributed by atoms with Gasteiger partial charge in [-0.05, 0) is 43.5 Å². The lowest BCUT2D eigenvalue weighted by Gasteiger charge is -2.15. The highest BCUT2D eigenvalue weighted by molar-refractivity contribution is 7.99. The second-order valence-corrected chi connectivity index (χ2v) is 6.86. The van der Waals surface area contributed by atoms with Gasteiger partial charge in [-0.3, -0.25) is 9.36 Å². The van der Waals surface area contributed by atoms with Crippen LogP contribution in [0, 0.1) is 18.3 Å². The van der Waals surface area contributed by atoms with Gasteiger partial charge in [0.25, 0.3) is 5.56 Å². The molecular formula is C20H19N3OS. The molecule has 0 atom stereocenters. The van der Waals surface area contributed by atoms with Crippen LogP contribution >= 0.6 is 11.8 Å². The van der Waals surface area contributed by atoms with Gasteiger partial charge in [0, 0.05) is 12.2 Å². The Morgan fingerprint density at radius 3 is 2.68 bits per heavy atom. The molecule has 3 aromatic rings. The molecule has 0 spiro atoms. The normalized spacial score (nSPS) is 10.7. The molecule has 0 saturated heterocycles. The van der Waals surface area contributed by atoms with E-state index in [9.17, 15) is 4.79 Å². The molecule has 3 rings (SSSR count). The molecule has 4 nitrogen and oxygen atoms in total. The molecule has 0 unspecified atom stereocenters. The number of rotatable bonds is 6. The predicted molar refractivity (Wildman–Crippen MR) is 102 cm³/mol. The molecule has 0 aliphatic heterocycles. The Morgan fingerprint density at radius 1 is 1.12 bits per heavy atom. The molecule has 0 aliphatic carbocycles. The zero-order chi connectivity index (χ0) is 17.6. The van der Waals surface area contributed by atoms with Crippen molar-refractivity contribution in [1.82, 2.24) is 9.55 Å². The number of unbranched alkanes of at least 4 members (excludes halogenated alkanes) is 2. The van der Waals surface area contributed by atoms with Crippen LogP contribution in [0.1, 0.15) is 24.8 Å². The van der Waals surface area contributed by atoms with E-state index in [4.69, 9.17) is 10.2 Å². The minimum Gasteiger partial charge on any atom is -0.268 e. The van der Waals surface area contributed by atoms with Crippen molar-refractivity contribution >= 4 is 22.7 Å². The van der Waals surface area contributed by atoms with Crippen LogP contribution in [0.4, 0.5) is 0 Å². The number of aromatic nitrogens is 2. The largest absolute Gasteiger partial charge is 0.268 e. The minimum atomic E-state index is -0.0422. The lowest BCUT2D eigenvalue weighted by molar-refractivity contribution is 0.801. The number of fused-ring (bicyclic) bond motifs is 1. The number of hydrogen-bond acceptors (Lipinski definition) is 4. The van der Waals surface area contributed by atoms with Gasteiger partial charge < -0.3 is 0 Å². The molecule has 1 heterocycles. The average Bonchev–Trinajstić information content (AvgIpc) is 2.63. The standard InChI is InChI=1S/C20H19N3OS/c1-15-9-3-6-12-18(15)23-19(24)16-10-4-5-11-17(16)22-20(23)25-14-8-2-7-13-21/h3-6,9-12H,2,7-8,14H2,1H3. The third-order valence-corrected chi connectivity index (χ3v) is 5.04. The first-order valence-electron chi connectivity index (χ1n) is 8.30. The molecule has 0 fully saturated rings. The number of nitrogens with zero attached hydrogens (tertiary/aromatic N) is 3. The molecule has 0 aliphatic rings. The van der Waals surface area contributed by atoms with Gasteiger partial charge in [-0.1, -0.05) is 42.1 Å². The molecule has 0 saturated carbocycles. The van der Waals surface area contributed by atoms with E-state index in [1.807, 2.05) is 55.5 Å². The first-order valence-corrected chi connectivity index (χ1v) is 9.28. The Morgan fingerprint density at radius 2 is 1.88 bits per heavy atom. The topological polar surface area (TPSA) is 58.7 Å². The van der Waals surface area contributed by atoms with Crippen molar-refractivity contribution in [2.75, 3.05) is 5.75 Å². The average molecular weight is 349 g/mol. The third-order valence-electron chi connectivity index (χ3n) is 4.02. The Bertz CT molecular complexity index is 988. The summed E-state index contributed by atoms with van der Waals surface area (Å²) in [4.78, 5) is 17.8. The number of nitriles is 1. The molecule has 1 aromatic heterocycles. The van der Waals surface area contributed by atoms with Gasteiger partial charge in [-0.15, -0.1) is 0 Å². The number of para-hydroxylation sites is 2. The number of aryl methyl sites for hydroxylation is 1. The summed E-state index contributed by atoms with van der Waals surface area (Å²) < 4.78 is 1.71. The summed E-state index contributed by atoms with van der Waals surface area (Å²) in [5.41, 5.74) is 2.58. The van der Waals surface area contributed by atoms with E-state index in [1.54, 1.807) is 16.3 Å². The first-order chi connectivity index (χ1) is 12.2. The smallest absolute Gasteiger partial charge is 0.266 e. The summed E-state index contributed by atoms with van der Waals surface area (Å²) in [6.07, 6.45) is 2.36. The minimum absolute atomic E-state index is 0.0422. The van der Waals surface area contributed by atoms with Crippen molar-refractivity contribution in [1.29, 1.82) is 5.26 Å². The maximum atomic E-state index is 13.1. The van der Waals surface area contributed by atoms with Gasteiger partial charge in [0.05, 0.1) is 22.7 Å². The van der Waals surface area contributed by atoms with Gasteiger partial charge >= 0.3 is 0 Å². The molecule has 0 bridgehead atoms. The van der Waals surface area contributed by atoms with Crippen molar-refractivity contribution in [2.24, 2.45) is 0 Å². The van der Waals surface area contributed by atoms with Crippen LogP contribution in [0.3, 0.4) is 0 Å². The molecule has 0 amide bonds. The molecule has 25 heavy (non-hydrogen) atoms. The van der Waals surface area contributed by atoms with Crippen LogP contribution in [-0.2, 0) is 0 Å². The molecule has 126 valence electrons. The van der Waals surface area contributed by atoms with Crippen LogP contribution in [0.5, 0.6) is 0 Å².